The molecule has 0 bridgehead atoms. The van der Waals surface area contributed by atoms with E-state index in [4.69, 9.17) is 9.72 Å². The van der Waals surface area contributed by atoms with Gasteiger partial charge < -0.3 is 14.6 Å². The van der Waals surface area contributed by atoms with Crippen molar-refractivity contribution < 1.29 is 4.74 Å². The molecule has 1 N–H and O–H groups in total. The van der Waals surface area contributed by atoms with Crippen molar-refractivity contribution >= 4 is 11.0 Å². The minimum atomic E-state index is 0.0500. The van der Waals surface area contributed by atoms with Crippen LogP contribution >= 0.6 is 0 Å². The molecule has 1 aliphatic rings. The summed E-state index contributed by atoms with van der Waals surface area (Å²) in [6.07, 6.45) is 2.28. The summed E-state index contributed by atoms with van der Waals surface area (Å²) in [5, 5.41) is 3.57. The number of fused-ring (bicyclic) bond motifs is 1. The molecule has 2 aromatic rings. The van der Waals surface area contributed by atoms with E-state index in [2.05, 4.69) is 36.0 Å². The van der Waals surface area contributed by atoms with Crippen LogP contribution in [-0.4, -0.2) is 28.7 Å². The van der Waals surface area contributed by atoms with Gasteiger partial charge in [0.05, 0.1) is 11.0 Å². The Balaban J connectivity index is 1.89. The lowest BCUT2D eigenvalue weighted by molar-refractivity contribution is 0.0587. The number of ether oxygens (including phenoxy) is 1. The highest BCUT2D eigenvalue weighted by atomic mass is 16.5. The van der Waals surface area contributed by atoms with Gasteiger partial charge in [-0.25, -0.2) is 4.98 Å². The zero-order chi connectivity index (χ0) is 13.2. The fourth-order valence-corrected chi connectivity index (χ4v) is 2.75. The highest BCUT2D eigenvalue weighted by Crippen LogP contribution is 2.23. The van der Waals surface area contributed by atoms with Crippen LogP contribution in [0.4, 0.5) is 0 Å². The van der Waals surface area contributed by atoms with Crippen LogP contribution in [0.2, 0.25) is 0 Å². The lowest BCUT2D eigenvalue weighted by Crippen LogP contribution is -2.30. The van der Waals surface area contributed by atoms with Gasteiger partial charge >= 0.3 is 0 Å². The van der Waals surface area contributed by atoms with E-state index in [-0.39, 0.29) is 6.10 Å². The molecule has 4 nitrogen and oxygen atoms in total. The molecule has 19 heavy (non-hydrogen) atoms. The summed E-state index contributed by atoms with van der Waals surface area (Å²) in [7, 11) is 2.07. The zero-order valence-corrected chi connectivity index (χ0v) is 11.6. The summed E-state index contributed by atoms with van der Waals surface area (Å²) in [5.74, 6) is 1.02. The molecule has 3 rings (SSSR count). The molecule has 0 saturated carbocycles. The van der Waals surface area contributed by atoms with Gasteiger partial charge in [-0.15, -0.1) is 0 Å². The van der Waals surface area contributed by atoms with Crippen molar-refractivity contribution in [1.29, 1.82) is 0 Å². The predicted molar refractivity (Wildman–Crippen MR) is 76.1 cm³/mol. The molecule has 102 valence electrons. The quantitative estimate of drug-likeness (QED) is 0.900. The number of aromatic nitrogens is 2. The van der Waals surface area contributed by atoms with E-state index in [0.29, 0.717) is 6.04 Å². The monoisotopic (exact) mass is 259 g/mol. The Labute approximate surface area is 113 Å². The second kappa shape index (κ2) is 5.31. The topological polar surface area (TPSA) is 39.1 Å². The normalized spacial score (nSPS) is 24.5. The number of hydrogen-bond donors (Lipinski definition) is 1. The van der Waals surface area contributed by atoms with Crippen LogP contribution in [0, 0.1) is 0 Å². The summed E-state index contributed by atoms with van der Waals surface area (Å²) >= 11 is 0. The van der Waals surface area contributed by atoms with Gasteiger partial charge in [0.15, 0.2) is 0 Å². The third kappa shape index (κ3) is 2.38. The van der Waals surface area contributed by atoms with E-state index in [1.54, 1.807) is 0 Å². The first-order chi connectivity index (χ1) is 9.29. The Hall–Kier alpha value is -1.39. The van der Waals surface area contributed by atoms with Gasteiger partial charge in [-0.05, 0) is 25.0 Å². The maximum Gasteiger partial charge on any atom is 0.140 e. The summed E-state index contributed by atoms with van der Waals surface area (Å²) < 4.78 is 8.13. The maximum absolute atomic E-state index is 5.99. The highest BCUT2D eigenvalue weighted by Gasteiger charge is 2.23. The standard InChI is InChI=1S/C15H21N3O/c1-3-11-8-9-19-14(10-16-11)15-17-12-6-4-5-7-13(12)18(15)2/h4-7,11,14,16H,3,8-10H2,1-2H3. The van der Waals surface area contributed by atoms with E-state index >= 15 is 0 Å². The van der Waals surface area contributed by atoms with Crippen LogP contribution in [0.5, 0.6) is 0 Å². The van der Waals surface area contributed by atoms with Gasteiger partial charge in [-0.1, -0.05) is 19.1 Å². The van der Waals surface area contributed by atoms with Crippen molar-refractivity contribution in [3.8, 4) is 0 Å². The van der Waals surface area contributed by atoms with Crippen molar-refractivity contribution in [2.75, 3.05) is 13.2 Å². The Morgan fingerprint density at radius 2 is 2.26 bits per heavy atom. The molecular weight excluding hydrogens is 238 g/mol. The SMILES string of the molecule is CCC1CCOC(c2nc3ccccc3n2C)CN1. The zero-order valence-electron chi connectivity index (χ0n) is 11.6. The maximum atomic E-state index is 5.99. The Bertz CT molecular complexity index is 564. The average Bonchev–Trinajstić information content (AvgIpc) is 2.64. The first-order valence-electron chi connectivity index (χ1n) is 7.06. The predicted octanol–water partition coefficient (Wildman–Crippen LogP) is 2.40. The van der Waals surface area contributed by atoms with Crippen LogP contribution in [0.15, 0.2) is 24.3 Å². The van der Waals surface area contributed by atoms with Crippen molar-refractivity contribution in [2.45, 2.75) is 31.9 Å². The molecule has 0 radical (unpaired) electrons. The second-order valence-electron chi connectivity index (χ2n) is 5.18. The fraction of sp³-hybridized carbons (Fsp3) is 0.533. The van der Waals surface area contributed by atoms with Gasteiger partial charge in [0.2, 0.25) is 0 Å². The fourth-order valence-electron chi connectivity index (χ4n) is 2.75. The van der Waals surface area contributed by atoms with E-state index in [1.807, 2.05) is 12.1 Å². The first-order valence-corrected chi connectivity index (χ1v) is 7.06. The molecular formula is C15H21N3O. The van der Waals surface area contributed by atoms with Crippen molar-refractivity contribution in [3.05, 3.63) is 30.1 Å². The third-order valence-corrected chi connectivity index (χ3v) is 3.98. The number of imidazole rings is 1. The number of benzene rings is 1. The number of rotatable bonds is 2. The molecule has 1 saturated heterocycles. The largest absolute Gasteiger partial charge is 0.369 e. The number of para-hydroxylation sites is 2. The molecule has 1 fully saturated rings. The van der Waals surface area contributed by atoms with Gasteiger partial charge in [0, 0.05) is 26.2 Å². The van der Waals surface area contributed by atoms with Crippen molar-refractivity contribution in [3.63, 3.8) is 0 Å². The number of nitrogens with one attached hydrogen (secondary N) is 1. The molecule has 4 heteroatoms. The summed E-state index contributed by atoms with van der Waals surface area (Å²) in [5.41, 5.74) is 2.21. The van der Waals surface area contributed by atoms with Gasteiger partial charge in [0.25, 0.3) is 0 Å². The molecule has 1 aromatic carbocycles. The Morgan fingerprint density at radius 3 is 3.05 bits per heavy atom. The van der Waals surface area contributed by atoms with Crippen molar-refractivity contribution in [1.82, 2.24) is 14.9 Å². The summed E-state index contributed by atoms with van der Waals surface area (Å²) in [6, 6.07) is 8.80. The lowest BCUT2D eigenvalue weighted by Gasteiger charge is -2.15. The van der Waals surface area contributed by atoms with Gasteiger partial charge in [0.1, 0.15) is 11.9 Å². The van der Waals surface area contributed by atoms with E-state index in [9.17, 15) is 0 Å². The minimum Gasteiger partial charge on any atom is -0.369 e. The molecule has 0 amide bonds. The van der Waals surface area contributed by atoms with E-state index in [1.165, 1.54) is 0 Å². The van der Waals surface area contributed by atoms with E-state index < -0.39 is 0 Å². The average molecular weight is 259 g/mol. The number of hydrogen-bond acceptors (Lipinski definition) is 3. The number of aryl methyl sites for hydroxylation is 1. The third-order valence-electron chi connectivity index (χ3n) is 3.98. The molecule has 2 unspecified atom stereocenters. The molecule has 2 atom stereocenters. The molecule has 2 heterocycles. The lowest BCUT2D eigenvalue weighted by atomic mass is 10.1. The molecule has 0 aliphatic carbocycles. The van der Waals surface area contributed by atoms with Crippen LogP contribution in [0.1, 0.15) is 31.7 Å². The van der Waals surface area contributed by atoms with Crippen LogP contribution in [0.3, 0.4) is 0 Å². The Kier molecular flexibility index (Phi) is 3.53. The first kappa shape index (κ1) is 12.6. The molecule has 1 aliphatic heterocycles. The summed E-state index contributed by atoms with van der Waals surface area (Å²) in [6.45, 7) is 3.86. The second-order valence-corrected chi connectivity index (χ2v) is 5.18. The van der Waals surface area contributed by atoms with Crippen LogP contribution < -0.4 is 5.32 Å². The summed E-state index contributed by atoms with van der Waals surface area (Å²) in [4.78, 5) is 4.73. The van der Waals surface area contributed by atoms with Gasteiger partial charge in [-0.3, -0.25) is 0 Å². The number of nitrogens with zero attached hydrogens (tertiary/aromatic N) is 2. The molecule has 1 aromatic heterocycles. The minimum absolute atomic E-state index is 0.0500. The van der Waals surface area contributed by atoms with Crippen molar-refractivity contribution in [2.24, 2.45) is 7.05 Å². The smallest absolute Gasteiger partial charge is 0.140 e. The van der Waals surface area contributed by atoms with Crippen LogP contribution in [-0.2, 0) is 11.8 Å². The Morgan fingerprint density at radius 1 is 1.42 bits per heavy atom. The van der Waals surface area contributed by atoms with Gasteiger partial charge in [-0.2, -0.15) is 0 Å². The van der Waals surface area contributed by atoms with Crippen LogP contribution in [0.25, 0.3) is 11.0 Å². The molecule has 0 spiro atoms. The highest BCUT2D eigenvalue weighted by molar-refractivity contribution is 5.75. The van der Waals surface area contributed by atoms with E-state index in [0.717, 1.165) is 42.9 Å².